The van der Waals surface area contributed by atoms with Gasteiger partial charge in [-0.1, -0.05) is 52.0 Å². The van der Waals surface area contributed by atoms with Gasteiger partial charge in [-0.15, -0.1) is 0 Å². The van der Waals surface area contributed by atoms with Gasteiger partial charge in [0, 0.05) is 31.5 Å². The van der Waals surface area contributed by atoms with Crippen LogP contribution in [0.3, 0.4) is 0 Å². The first-order chi connectivity index (χ1) is 26.6. The molecule has 12 heteroatoms. The largest absolute Gasteiger partial charge is 0.457 e. The summed E-state index contributed by atoms with van der Waals surface area (Å²) in [5.41, 5.74) is 7.98. The van der Waals surface area contributed by atoms with Crippen molar-refractivity contribution in [3.8, 4) is 33.9 Å². The SMILES string of the molecule is COC(=O)NC(C(=O)N1CCCC1c1nc2ccc(-c3ccc4c(c3)Cc3ccc(-c5cnc(C6CCCN6C(=O)CC(C)C)[nH]5)cc3O4)cc2[nH]1)C(C)C. The molecule has 3 aromatic carbocycles. The van der Waals surface area contributed by atoms with Gasteiger partial charge in [0.05, 0.1) is 42.1 Å². The van der Waals surface area contributed by atoms with Crippen molar-refractivity contribution in [2.45, 2.75) is 84.3 Å². The second-order valence-corrected chi connectivity index (χ2v) is 15.9. The number of hydrogen-bond donors (Lipinski definition) is 3. The van der Waals surface area contributed by atoms with Crippen LogP contribution in [0.25, 0.3) is 33.4 Å². The van der Waals surface area contributed by atoms with Gasteiger partial charge < -0.3 is 34.6 Å². The lowest BCUT2D eigenvalue weighted by molar-refractivity contribution is -0.135. The van der Waals surface area contributed by atoms with E-state index in [1.807, 2.05) is 42.0 Å². The number of alkyl carbamates (subject to hydrolysis) is 1. The highest BCUT2D eigenvalue weighted by atomic mass is 16.5. The molecule has 0 radical (unpaired) electrons. The molecule has 0 bridgehead atoms. The fourth-order valence-corrected chi connectivity index (χ4v) is 8.31. The second-order valence-electron chi connectivity index (χ2n) is 15.9. The van der Waals surface area contributed by atoms with Crippen molar-refractivity contribution in [3.63, 3.8) is 0 Å². The third-order valence-corrected chi connectivity index (χ3v) is 11.2. The van der Waals surface area contributed by atoms with Gasteiger partial charge in [-0.25, -0.2) is 14.8 Å². The van der Waals surface area contributed by atoms with Crippen LogP contribution >= 0.6 is 0 Å². The van der Waals surface area contributed by atoms with Gasteiger partial charge in [-0.2, -0.15) is 0 Å². The zero-order chi connectivity index (χ0) is 38.4. The lowest BCUT2D eigenvalue weighted by Crippen LogP contribution is -2.51. The number of amides is 3. The van der Waals surface area contributed by atoms with Crippen LogP contribution in [0.15, 0.2) is 60.8 Å². The molecule has 0 saturated carbocycles. The first kappa shape index (κ1) is 36.3. The van der Waals surface area contributed by atoms with Crippen LogP contribution < -0.4 is 10.1 Å². The molecule has 3 atom stereocenters. The van der Waals surface area contributed by atoms with Gasteiger partial charge in [-0.05, 0) is 90.1 Å². The van der Waals surface area contributed by atoms with E-state index >= 15 is 0 Å². The number of rotatable bonds is 9. The Morgan fingerprint density at radius 3 is 2.35 bits per heavy atom. The van der Waals surface area contributed by atoms with Gasteiger partial charge in [-0.3, -0.25) is 9.59 Å². The normalized spacial score (nSPS) is 18.4. The van der Waals surface area contributed by atoms with Crippen molar-refractivity contribution in [3.05, 3.63) is 83.6 Å². The predicted octanol–water partition coefficient (Wildman–Crippen LogP) is 8.07. The molecule has 2 fully saturated rings. The summed E-state index contributed by atoms with van der Waals surface area (Å²) in [6.07, 6.45) is 6.09. The van der Waals surface area contributed by atoms with Crippen molar-refractivity contribution in [2.75, 3.05) is 20.2 Å². The molecule has 8 rings (SSSR count). The van der Waals surface area contributed by atoms with Crippen LogP contribution in [0.2, 0.25) is 0 Å². The van der Waals surface area contributed by atoms with Crippen molar-refractivity contribution in [1.29, 1.82) is 0 Å². The number of ether oxygens (including phenoxy) is 2. The summed E-state index contributed by atoms with van der Waals surface area (Å²) in [4.78, 5) is 59.0. The number of fused-ring (bicyclic) bond motifs is 3. The number of benzene rings is 3. The molecule has 2 saturated heterocycles. The molecule has 3 amide bonds. The number of H-pyrrole nitrogens is 2. The summed E-state index contributed by atoms with van der Waals surface area (Å²) < 4.78 is 11.3. The van der Waals surface area contributed by atoms with E-state index in [0.717, 1.165) is 106 Å². The molecule has 3 aliphatic heterocycles. The van der Waals surface area contributed by atoms with E-state index in [0.29, 0.717) is 18.9 Å². The molecule has 12 nitrogen and oxygen atoms in total. The molecule has 5 heterocycles. The maximum Gasteiger partial charge on any atom is 0.407 e. The Balaban J connectivity index is 0.973. The average Bonchev–Trinajstić information content (AvgIpc) is 4.00. The predicted molar refractivity (Wildman–Crippen MR) is 209 cm³/mol. The van der Waals surface area contributed by atoms with E-state index < -0.39 is 12.1 Å². The minimum atomic E-state index is -0.683. The first-order valence-electron chi connectivity index (χ1n) is 19.5. The van der Waals surface area contributed by atoms with Crippen LogP contribution in [-0.4, -0.2) is 73.9 Å². The maximum atomic E-state index is 13.6. The Kier molecular flexibility index (Phi) is 9.83. The third kappa shape index (κ3) is 7.17. The Morgan fingerprint density at radius 1 is 0.855 bits per heavy atom. The van der Waals surface area contributed by atoms with E-state index in [2.05, 4.69) is 71.6 Å². The summed E-state index contributed by atoms with van der Waals surface area (Å²) in [6, 6.07) is 17.9. The molecule has 5 aromatic rings. The fourth-order valence-electron chi connectivity index (χ4n) is 8.31. The van der Waals surface area contributed by atoms with Crippen molar-refractivity contribution in [1.82, 2.24) is 35.1 Å². The van der Waals surface area contributed by atoms with Gasteiger partial charge in [0.2, 0.25) is 11.8 Å². The van der Waals surface area contributed by atoms with E-state index in [4.69, 9.17) is 19.4 Å². The van der Waals surface area contributed by atoms with E-state index in [1.54, 1.807) is 0 Å². The molecule has 3 N–H and O–H groups in total. The molecular weight excluding hydrogens is 695 g/mol. The Labute approximate surface area is 321 Å². The minimum Gasteiger partial charge on any atom is -0.457 e. The van der Waals surface area contributed by atoms with Crippen LogP contribution in [0.4, 0.5) is 4.79 Å². The highest BCUT2D eigenvalue weighted by Gasteiger charge is 2.38. The van der Waals surface area contributed by atoms with Crippen LogP contribution in [0, 0.1) is 11.8 Å². The molecular formula is C43H49N7O5. The second kappa shape index (κ2) is 14.9. The fraction of sp³-hybridized carbons (Fsp3) is 0.419. The maximum absolute atomic E-state index is 13.6. The minimum absolute atomic E-state index is 0.0137. The first-order valence-corrected chi connectivity index (χ1v) is 19.5. The zero-order valence-electron chi connectivity index (χ0n) is 32.1. The number of nitrogens with one attached hydrogen (secondary N) is 3. The lowest BCUT2D eigenvalue weighted by atomic mass is 9.95. The number of imidazole rings is 2. The highest BCUT2D eigenvalue weighted by Crippen LogP contribution is 2.41. The summed E-state index contributed by atoms with van der Waals surface area (Å²) in [6.45, 7) is 9.36. The summed E-state index contributed by atoms with van der Waals surface area (Å²) in [5.74, 6) is 3.54. The van der Waals surface area contributed by atoms with Crippen molar-refractivity contribution < 1.29 is 23.9 Å². The Hall–Kier alpha value is -5.65. The van der Waals surface area contributed by atoms with Gasteiger partial charge in [0.25, 0.3) is 0 Å². The number of likely N-dealkylation sites (tertiary alicyclic amines) is 2. The highest BCUT2D eigenvalue weighted by molar-refractivity contribution is 5.87. The molecule has 55 heavy (non-hydrogen) atoms. The summed E-state index contributed by atoms with van der Waals surface area (Å²) in [7, 11) is 1.30. The van der Waals surface area contributed by atoms with Crippen LogP contribution in [0.5, 0.6) is 11.5 Å². The number of aromatic amines is 2. The number of aromatic nitrogens is 4. The van der Waals surface area contributed by atoms with Crippen molar-refractivity contribution >= 4 is 28.9 Å². The molecule has 286 valence electrons. The number of carbonyl (C=O) groups is 3. The zero-order valence-corrected chi connectivity index (χ0v) is 32.1. The third-order valence-electron chi connectivity index (χ3n) is 11.2. The van der Waals surface area contributed by atoms with Gasteiger partial charge >= 0.3 is 6.09 Å². The number of methoxy groups -OCH3 is 1. The van der Waals surface area contributed by atoms with E-state index in [9.17, 15) is 14.4 Å². The summed E-state index contributed by atoms with van der Waals surface area (Å²) >= 11 is 0. The molecule has 3 aliphatic rings. The Bertz CT molecular complexity index is 2260. The monoisotopic (exact) mass is 743 g/mol. The van der Waals surface area contributed by atoms with E-state index in [1.165, 1.54) is 7.11 Å². The molecule has 0 aliphatic carbocycles. The van der Waals surface area contributed by atoms with Crippen molar-refractivity contribution in [2.24, 2.45) is 11.8 Å². The topological polar surface area (TPSA) is 146 Å². The van der Waals surface area contributed by atoms with Crippen LogP contribution in [0.1, 0.15) is 94.7 Å². The quantitative estimate of drug-likeness (QED) is 0.136. The Morgan fingerprint density at radius 2 is 1.58 bits per heavy atom. The number of hydrogen-bond acceptors (Lipinski definition) is 7. The van der Waals surface area contributed by atoms with Crippen LogP contribution in [-0.2, 0) is 20.7 Å². The summed E-state index contributed by atoms with van der Waals surface area (Å²) in [5, 5.41) is 2.72. The molecule has 2 aromatic heterocycles. The smallest absolute Gasteiger partial charge is 0.407 e. The number of nitrogens with zero attached hydrogens (tertiary/aromatic N) is 4. The number of carbonyl (C=O) groups excluding carboxylic acids is 3. The van der Waals surface area contributed by atoms with E-state index in [-0.39, 0.29) is 29.8 Å². The lowest BCUT2D eigenvalue weighted by Gasteiger charge is -2.29. The molecule has 3 unspecified atom stereocenters. The van der Waals surface area contributed by atoms with Gasteiger partial charge in [0.15, 0.2) is 0 Å². The molecule has 0 spiro atoms. The standard InChI is InChI=1S/C43H49N7O5/c1-24(2)18-38(51)49-16-6-8-34(49)40-44-23-33(47-40)28-10-11-29-20-30-19-26(13-15-36(30)55-37(29)22-28)27-12-14-31-32(21-27)46-41(45-31)35-9-7-17-50(35)42(52)39(25(3)4)48-43(53)54-5/h10-15,19,21-25,34-35,39H,6-9,16-18,20H2,1-5H3,(H,44,47)(H,45,46)(H,48,53). The van der Waals surface area contributed by atoms with Gasteiger partial charge in [0.1, 0.15) is 29.2 Å². The average molecular weight is 744 g/mol.